The van der Waals surface area contributed by atoms with Gasteiger partial charge in [0.15, 0.2) is 11.9 Å². The molecule has 0 spiro atoms. The second-order valence-corrected chi connectivity index (χ2v) is 8.41. The van der Waals surface area contributed by atoms with Crippen LogP contribution in [0.4, 0.5) is 11.4 Å². The zero-order chi connectivity index (χ0) is 25.6. The largest absolute Gasteiger partial charge is 0.449 e. The summed E-state index contributed by atoms with van der Waals surface area (Å²) in [5.74, 6) is -2.09. The van der Waals surface area contributed by atoms with Gasteiger partial charge in [0.1, 0.15) is 11.2 Å². The average molecular weight is 479 g/mol. The first-order valence-electron chi connectivity index (χ1n) is 11.3. The first-order valence-corrected chi connectivity index (χ1v) is 11.3. The van der Waals surface area contributed by atoms with Gasteiger partial charge in [-0.05, 0) is 38.0 Å². The van der Waals surface area contributed by atoms with Crippen molar-refractivity contribution in [2.75, 3.05) is 12.4 Å². The zero-order valence-corrected chi connectivity index (χ0v) is 19.5. The topological polar surface area (TPSA) is 151 Å². The second-order valence-electron chi connectivity index (χ2n) is 8.41. The number of ether oxygens (including phenoxy) is 1. The quantitative estimate of drug-likeness (QED) is 0.252. The number of nitrogens with one attached hydrogen (secondary N) is 2. The van der Waals surface area contributed by atoms with Gasteiger partial charge in [0.2, 0.25) is 0 Å². The van der Waals surface area contributed by atoms with Gasteiger partial charge < -0.3 is 15.4 Å². The number of carbonyl (C=O) groups is 3. The van der Waals surface area contributed by atoms with E-state index in [0.29, 0.717) is 12.8 Å². The molecule has 1 aliphatic carbocycles. The SMILES string of the molecule is CNc1ccc(C(=O)c2ccccc2C(=O)OC(C)C(=O)NC2(C#N)CCCCC2)cc1[N+](=O)[O-]. The summed E-state index contributed by atoms with van der Waals surface area (Å²) in [6.07, 6.45) is 2.51. The van der Waals surface area contributed by atoms with E-state index in [9.17, 15) is 29.8 Å². The predicted molar refractivity (Wildman–Crippen MR) is 127 cm³/mol. The van der Waals surface area contributed by atoms with Crippen LogP contribution in [-0.2, 0) is 9.53 Å². The number of carbonyl (C=O) groups excluding carboxylic acids is 3. The molecule has 0 heterocycles. The Bertz CT molecular complexity index is 1200. The number of nitro benzene ring substituents is 1. The lowest BCUT2D eigenvalue weighted by molar-refractivity contribution is -0.384. The minimum absolute atomic E-state index is 0.0163. The van der Waals surface area contributed by atoms with E-state index in [1.807, 2.05) is 0 Å². The van der Waals surface area contributed by atoms with E-state index in [2.05, 4.69) is 16.7 Å². The van der Waals surface area contributed by atoms with Crippen molar-refractivity contribution in [3.05, 3.63) is 69.3 Å². The summed E-state index contributed by atoms with van der Waals surface area (Å²) >= 11 is 0. The fourth-order valence-electron chi connectivity index (χ4n) is 4.09. The highest BCUT2D eigenvalue weighted by atomic mass is 16.6. The molecule has 10 heteroatoms. The molecule has 1 aliphatic rings. The summed E-state index contributed by atoms with van der Waals surface area (Å²) in [5, 5.41) is 26.3. The van der Waals surface area contributed by atoms with Crippen LogP contribution in [-0.4, -0.2) is 41.3 Å². The van der Waals surface area contributed by atoms with Crippen molar-refractivity contribution in [2.45, 2.75) is 50.7 Å². The number of ketones is 1. The number of amides is 1. The summed E-state index contributed by atoms with van der Waals surface area (Å²) in [6, 6.07) is 12.0. The molecule has 10 nitrogen and oxygen atoms in total. The van der Waals surface area contributed by atoms with Crippen molar-refractivity contribution in [1.82, 2.24) is 5.32 Å². The van der Waals surface area contributed by atoms with Gasteiger partial charge in [0, 0.05) is 24.2 Å². The van der Waals surface area contributed by atoms with Gasteiger partial charge in [-0.3, -0.25) is 19.7 Å². The summed E-state index contributed by atoms with van der Waals surface area (Å²) in [6.45, 7) is 1.39. The third kappa shape index (κ3) is 5.63. The van der Waals surface area contributed by atoms with Gasteiger partial charge in [-0.1, -0.05) is 37.5 Å². The predicted octanol–water partition coefficient (Wildman–Crippen LogP) is 3.76. The fraction of sp³-hybridized carbons (Fsp3) is 0.360. The van der Waals surface area contributed by atoms with E-state index in [4.69, 9.17) is 4.74 Å². The number of benzene rings is 2. The number of nitriles is 1. The molecule has 0 saturated heterocycles. The molecule has 3 rings (SSSR count). The van der Waals surface area contributed by atoms with Crippen molar-refractivity contribution < 1.29 is 24.0 Å². The Morgan fingerprint density at radius 1 is 1.11 bits per heavy atom. The fourth-order valence-corrected chi connectivity index (χ4v) is 4.09. The number of hydrogen-bond acceptors (Lipinski definition) is 8. The van der Waals surface area contributed by atoms with E-state index in [0.717, 1.165) is 25.3 Å². The summed E-state index contributed by atoms with van der Waals surface area (Å²) in [7, 11) is 1.53. The molecule has 0 radical (unpaired) electrons. The highest BCUT2D eigenvalue weighted by Crippen LogP contribution is 2.28. The smallest absolute Gasteiger partial charge is 0.339 e. The van der Waals surface area contributed by atoms with Crippen LogP contribution >= 0.6 is 0 Å². The monoisotopic (exact) mass is 478 g/mol. The number of esters is 1. The summed E-state index contributed by atoms with van der Waals surface area (Å²) in [4.78, 5) is 49.5. The van der Waals surface area contributed by atoms with Crippen LogP contribution in [0.25, 0.3) is 0 Å². The van der Waals surface area contributed by atoms with Crippen LogP contribution in [0, 0.1) is 21.4 Å². The third-order valence-electron chi connectivity index (χ3n) is 6.05. The molecule has 1 amide bonds. The molecule has 1 saturated carbocycles. The Hall–Kier alpha value is -4.26. The molecule has 1 unspecified atom stereocenters. The zero-order valence-electron chi connectivity index (χ0n) is 19.5. The van der Waals surface area contributed by atoms with Crippen molar-refractivity contribution >= 4 is 29.0 Å². The molecule has 182 valence electrons. The van der Waals surface area contributed by atoms with Gasteiger partial charge in [-0.2, -0.15) is 5.26 Å². The minimum Gasteiger partial charge on any atom is -0.449 e. The maximum Gasteiger partial charge on any atom is 0.339 e. The second kappa shape index (κ2) is 10.8. The Morgan fingerprint density at radius 2 is 1.77 bits per heavy atom. The van der Waals surface area contributed by atoms with Crippen LogP contribution in [0.3, 0.4) is 0 Å². The average Bonchev–Trinajstić information content (AvgIpc) is 2.88. The standard InChI is InChI=1S/C25H26N4O6/c1-16(23(31)28-25(15-26)12-6-3-7-13-25)35-24(32)19-9-5-4-8-18(19)22(30)17-10-11-20(27-2)21(14-17)29(33)34/h4-5,8-11,14,16,27H,3,6-7,12-13H2,1-2H3,(H,28,31). The van der Waals surface area contributed by atoms with E-state index >= 15 is 0 Å². The molecule has 1 atom stereocenters. The Morgan fingerprint density at radius 3 is 2.37 bits per heavy atom. The summed E-state index contributed by atoms with van der Waals surface area (Å²) < 4.78 is 5.32. The Labute approximate surface area is 202 Å². The number of nitrogens with zero attached hydrogens (tertiary/aromatic N) is 2. The normalized spacial score (nSPS) is 15.2. The molecular formula is C25H26N4O6. The highest BCUT2D eigenvalue weighted by Gasteiger charge is 2.35. The van der Waals surface area contributed by atoms with Gasteiger partial charge in [-0.15, -0.1) is 0 Å². The maximum absolute atomic E-state index is 13.1. The van der Waals surface area contributed by atoms with Crippen molar-refractivity contribution in [2.24, 2.45) is 0 Å². The molecule has 0 aliphatic heterocycles. The molecule has 0 aromatic heterocycles. The summed E-state index contributed by atoms with van der Waals surface area (Å²) in [5.41, 5.74) is -1.08. The Balaban J connectivity index is 1.79. The minimum atomic E-state index is -1.20. The Kier molecular flexibility index (Phi) is 7.81. The lowest BCUT2D eigenvalue weighted by Crippen LogP contribution is -2.52. The molecular weight excluding hydrogens is 452 g/mol. The van der Waals surface area contributed by atoms with E-state index in [1.54, 1.807) is 6.07 Å². The molecule has 1 fully saturated rings. The number of hydrogen-bond donors (Lipinski definition) is 2. The molecule has 35 heavy (non-hydrogen) atoms. The van der Waals surface area contributed by atoms with Crippen LogP contribution < -0.4 is 10.6 Å². The molecule has 2 aromatic carbocycles. The van der Waals surface area contributed by atoms with Crippen LogP contribution in [0.2, 0.25) is 0 Å². The molecule has 2 aromatic rings. The van der Waals surface area contributed by atoms with Gasteiger partial charge >= 0.3 is 5.97 Å². The number of nitro groups is 1. The maximum atomic E-state index is 13.1. The van der Waals surface area contributed by atoms with Crippen molar-refractivity contribution in [1.29, 1.82) is 5.26 Å². The van der Waals surface area contributed by atoms with E-state index in [-0.39, 0.29) is 28.1 Å². The van der Waals surface area contributed by atoms with Gasteiger partial charge in [-0.25, -0.2) is 4.79 Å². The number of rotatable bonds is 8. The lowest BCUT2D eigenvalue weighted by Gasteiger charge is -2.32. The first-order chi connectivity index (χ1) is 16.7. The molecule has 0 bridgehead atoms. The van der Waals surface area contributed by atoms with Crippen molar-refractivity contribution in [3.8, 4) is 6.07 Å². The number of anilines is 1. The third-order valence-corrected chi connectivity index (χ3v) is 6.05. The lowest BCUT2D eigenvalue weighted by atomic mass is 9.83. The van der Waals surface area contributed by atoms with E-state index < -0.39 is 34.2 Å². The van der Waals surface area contributed by atoms with Crippen LogP contribution in [0.5, 0.6) is 0 Å². The molecule has 2 N–H and O–H groups in total. The van der Waals surface area contributed by atoms with Crippen molar-refractivity contribution in [3.63, 3.8) is 0 Å². The van der Waals surface area contributed by atoms with Gasteiger partial charge in [0.05, 0.1) is 16.6 Å². The van der Waals surface area contributed by atoms with E-state index in [1.165, 1.54) is 44.3 Å². The van der Waals surface area contributed by atoms with Gasteiger partial charge in [0.25, 0.3) is 11.6 Å². The van der Waals surface area contributed by atoms with Crippen LogP contribution in [0.1, 0.15) is 65.3 Å². The first kappa shape index (κ1) is 25.4. The highest BCUT2D eigenvalue weighted by molar-refractivity contribution is 6.15. The van der Waals surface area contributed by atoms with Crippen LogP contribution in [0.15, 0.2) is 42.5 Å².